The topological polar surface area (TPSA) is 124 Å². The molecule has 0 radical (unpaired) electrons. The van der Waals surface area contributed by atoms with Gasteiger partial charge in [0.05, 0.1) is 18.5 Å². The molecule has 1 saturated heterocycles. The number of alkyl halides is 3. The monoisotopic (exact) mass is 613 g/mol. The maximum absolute atomic E-state index is 14.1. The number of likely N-dealkylation sites (tertiary alicyclic amines) is 1. The molecule has 1 aliphatic heterocycles. The summed E-state index contributed by atoms with van der Waals surface area (Å²) in [5.41, 5.74) is -1.76. The van der Waals surface area contributed by atoms with E-state index in [0.29, 0.717) is 27.6 Å². The second-order valence-electron chi connectivity index (χ2n) is 12.8. The number of amides is 2. The lowest BCUT2D eigenvalue weighted by Crippen LogP contribution is -2.56. The van der Waals surface area contributed by atoms with E-state index in [-0.39, 0.29) is 29.6 Å². The van der Waals surface area contributed by atoms with E-state index in [9.17, 15) is 28.0 Å². The molecule has 3 heterocycles. The van der Waals surface area contributed by atoms with Crippen LogP contribution in [0.15, 0.2) is 43.0 Å². The van der Waals surface area contributed by atoms with Crippen molar-refractivity contribution >= 4 is 40.0 Å². The Morgan fingerprint density at radius 2 is 1.84 bits per heavy atom. The fourth-order valence-electron chi connectivity index (χ4n) is 6.19. The largest absolute Gasteiger partial charge is 0.434 e. The molecule has 9 nitrogen and oxygen atoms in total. The molecule has 1 saturated carbocycles. The standard InChI is InChI=1S/C30H31ClF3N7O2/c1-28(2,3)25(40-21-13-37-12-20(39-21)30(32,33)34)27(43)41-14-17-23(29(17,4)5)24(41)26(42)38-19(9-35)16-11-36-10-15-7-6-8-18(31)22(15)16/h6-8,10-13,17,19,23-25H,14H2,1-5H3,(H,38,42)(H,39,40)/t17-,19?,23-,24-,25+/m0/s1. The van der Waals surface area contributed by atoms with Crippen molar-refractivity contribution in [2.75, 3.05) is 11.9 Å². The van der Waals surface area contributed by atoms with Crippen molar-refractivity contribution in [3.63, 3.8) is 0 Å². The number of halogens is 4. The second-order valence-corrected chi connectivity index (χ2v) is 13.2. The Bertz CT molecular complexity index is 1630. The Hall–Kier alpha value is -3.98. The number of aromatic nitrogens is 3. The zero-order valence-corrected chi connectivity index (χ0v) is 25.0. The SMILES string of the molecule is CC(C)(C)[C@H](Nc1cncc(C(F)(F)F)n1)C(=O)N1C[C@H]2[C@@H]([C@H]1C(=O)NC(C#N)c1cncc3cccc(Cl)c13)C2(C)C. The Morgan fingerprint density at radius 3 is 2.49 bits per heavy atom. The first-order chi connectivity index (χ1) is 20.1. The van der Waals surface area contributed by atoms with E-state index in [0.717, 1.165) is 6.20 Å². The van der Waals surface area contributed by atoms with Gasteiger partial charge in [-0.1, -0.05) is 58.4 Å². The smallest absolute Gasteiger partial charge is 0.357 e. The Kier molecular flexibility index (Phi) is 7.53. The number of nitrogens with zero attached hydrogens (tertiary/aromatic N) is 5. The van der Waals surface area contributed by atoms with Gasteiger partial charge in [0, 0.05) is 40.3 Å². The van der Waals surface area contributed by atoms with Gasteiger partial charge >= 0.3 is 6.18 Å². The van der Waals surface area contributed by atoms with E-state index >= 15 is 0 Å². The molecule has 2 amide bonds. The maximum atomic E-state index is 14.1. The molecule has 1 aromatic carbocycles. The number of carbonyl (C=O) groups excluding carboxylic acids is 2. The number of hydrogen-bond acceptors (Lipinski definition) is 7. The van der Waals surface area contributed by atoms with Gasteiger partial charge in [0.25, 0.3) is 0 Å². The van der Waals surface area contributed by atoms with Crippen molar-refractivity contribution < 1.29 is 22.8 Å². The fraction of sp³-hybridized carbons (Fsp3) is 0.467. The number of rotatable bonds is 6. The normalized spacial score (nSPS) is 22.3. The van der Waals surface area contributed by atoms with Gasteiger partial charge in [0.1, 0.15) is 23.9 Å². The highest BCUT2D eigenvalue weighted by Crippen LogP contribution is 2.65. The summed E-state index contributed by atoms with van der Waals surface area (Å²) in [5, 5.41) is 17.5. The molecule has 2 aliphatic rings. The molecule has 2 N–H and O–H groups in total. The molecule has 13 heteroatoms. The van der Waals surface area contributed by atoms with Crippen LogP contribution in [0.5, 0.6) is 0 Å². The quantitative estimate of drug-likeness (QED) is 0.382. The van der Waals surface area contributed by atoms with Crippen molar-refractivity contribution in [1.29, 1.82) is 5.26 Å². The molecular formula is C30H31ClF3N7O2. The molecule has 43 heavy (non-hydrogen) atoms. The third-order valence-corrected chi connectivity index (χ3v) is 8.89. The first kappa shape index (κ1) is 30.5. The van der Waals surface area contributed by atoms with Gasteiger partial charge in [0.2, 0.25) is 11.8 Å². The summed E-state index contributed by atoms with van der Waals surface area (Å²) in [4.78, 5) is 41.0. The zero-order chi connectivity index (χ0) is 31.5. The number of nitriles is 1. The first-order valence-electron chi connectivity index (χ1n) is 13.7. The fourth-order valence-corrected chi connectivity index (χ4v) is 6.48. The van der Waals surface area contributed by atoms with Crippen molar-refractivity contribution in [2.24, 2.45) is 22.7 Å². The summed E-state index contributed by atoms with van der Waals surface area (Å²) in [6.07, 6.45) is 0.123. The molecule has 2 aromatic heterocycles. The maximum Gasteiger partial charge on any atom is 0.434 e. The summed E-state index contributed by atoms with van der Waals surface area (Å²) in [6.45, 7) is 9.64. The molecule has 5 atom stereocenters. The Balaban J connectivity index is 1.44. The summed E-state index contributed by atoms with van der Waals surface area (Å²) < 4.78 is 39.9. The molecule has 0 spiro atoms. The highest BCUT2D eigenvalue weighted by Gasteiger charge is 2.69. The second kappa shape index (κ2) is 10.6. The number of piperidine rings is 1. The Labute approximate surface area is 251 Å². The first-order valence-corrected chi connectivity index (χ1v) is 14.1. The van der Waals surface area contributed by atoms with Gasteiger partial charge in [-0.2, -0.15) is 18.4 Å². The van der Waals surface area contributed by atoms with Crippen LogP contribution in [0.1, 0.15) is 51.9 Å². The van der Waals surface area contributed by atoms with Crippen LogP contribution in [-0.4, -0.2) is 50.3 Å². The summed E-state index contributed by atoms with van der Waals surface area (Å²) >= 11 is 6.46. The lowest BCUT2D eigenvalue weighted by molar-refractivity contribution is -0.142. The zero-order valence-electron chi connectivity index (χ0n) is 24.2. The minimum Gasteiger partial charge on any atom is -0.357 e. The molecule has 1 aliphatic carbocycles. The molecule has 2 fully saturated rings. The minimum atomic E-state index is -4.71. The van der Waals surface area contributed by atoms with Crippen LogP contribution in [0.25, 0.3) is 10.8 Å². The number of hydrogen-bond donors (Lipinski definition) is 2. The molecule has 226 valence electrons. The predicted molar refractivity (Wildman–Crippen MR) is 153 cm³/mol. The van der Waals surface area contributed by atoms with Gasteiger partial charge in [-0.05, 0) is 28.7 Å². The predicted octanol–water partition coefficient (Wildman–Crippen LogP) is 5.39. The molecular weight excluding hydrogens is 583 g/mol. The van der Waals surface area contributed by atoms with E-state index in [4.69, 9.17) is 11.6 Å². The number of fused-ring (bicyclic) bond motifs is 2. The van der Waals surface area contributed by atoms with Gasteiger partial charge < -0.3 is 15.5 Å². The van der Waals surface area contributed by atoms with E-state index in [1.165, 1.54) is 11.1 Å². The van der Waals surface area contributed by atoms with E-state index in [2.05, 4.69) is 31.7 Å². The summed E-state index contributed by atoms with van der Waals surface area (Å²) in [7, 11) is 0. The van der Waals surface area contributed by atoms with Crippen LogP contribution in [0.4, 0.5) is 19.0 Å². The highest BCUT2D eigenvalue weighted by molar-refractivity contribution is 6.35. The minimum absolute atomic E-state index is 0.0374. The van der Waals surface area contributed by atoms with Gasteiger partial charge in [-0.15, -0.1) is 0 Å². The average molecular weight is 614 g/mol. The number of carbonyl (C=O) groups is 2. The lowest BCUT2D eigenvalue weighted by Gasteiger charge is -2.38. The molecule has 3 aromatic rings. The average Bonchev–Trinajstić information content (AvgIpc) is 3.25. The Morgan fingerprint density at radius 1 is 1.14 bits per heavy atom. The number of nitrogens with one attached hydrogen (secondary N) is 2. The van der Waals surface area contributed by atoms with Crippen LogP contribution >= 0.6 is 11.6 Å². The van der Waals surface area contributed by atoms with E-state index in [1.807, 2.05) is 13.8 Å². The number of anilines is 1. The highest BCUT2D eigenvalue weighted by atomic mass is 35.5. The number of benzene rings is 1. The van der Waals surface area contributed by atoms with Crippen molar-refractivity contribution in [3.8, 4) is 6.07 Å². The van der Waals surface area contributed by atoms with E-state index < -0.39 is 47.2 Å². The third-order valence-electron chi connectivity index (χ3n) is 8.58. The molecule has 0 bridgehead atoms. The third kappa shape index (κ3) is 5.58. The van der Waals surface area contributed by atoms with Gasteiger partial charge in [-0.25, -0.2) is 4.98 Å². The number of pyridine rings is 1. The van der Waals surface area contributed by atoms with Gasteiger partial charge in [0.15, 0.2) is 5.69 Å². The van der Waals surface area contributed by atoms with Crippen molar-refractivity contribution in [2.45, 2.75) is 58.9 Å². The van der Waals surface area contributed by atoms with Crippen molar-refractivity contribution in [3.05, 3.63) is 59.3 Å². The molecule has 5 rings (SSSR count). The van der Waals surface area contributed by atoms with Crippen LogP contribution in [0.2, 0.25) is 5.02 Å². The van der Waals surface area contributed by atoms with E-state index in [1.54, 1.807) is 45.2 Å². The summed E-state index contributed by atoms with van der Waals surface area (Å²) in [5.74, 6) is -1.31. The van der Waals surface area contributed by atoms with Gasteiger partial charge in [-0.3, -0.25) is 19.6 Å². The van der Waals surface area contributed by atoms with Crippen LogP contribution in [0, 0.1) is 34.0 Å². The van der Waals surface area contributed by atoms with Crippen LogP contribution < -0.4 is 10.6 Å². The summed E-state index contributed by atoms with van der Waals surface area (Å²) in [6, 6.07) is 4.35. The van der Waals surface area contributed by atoms with Crippen LogP contribution in [0.3, 0.4) is 0 Å². The van der Waals surface area contributed by atoms with Crippen LogP contribution in [-0.2, 0) is 15.8 Å². The lowest BCUT2D eigenvalue weighted by atomic mass is 9.85. The molecule has 1 unspecified atom stereocenters. The van der Waals surface area contributed by atoms with Crippen molar-refractivity contribution in [1.82, 2.24) is 25.2 Å².